The summed E-state index contributed by atoms with van der Waals surface area (Å²) in [5.41, 5.74) is -4.41. The van der Waals surface area contributed by atoms with E-state index in [-0.39, 0.29) is 23.4 Å². The van der Waals surface area contributed by atoms with Gasteiger partial charge < -0.3 is 10.4 Å². The van der Waals surface area contributed by atoms with Gasteiger partial charge in [0.25, 0.3) is 0 Å². The third kappa shape index (κ3) is 5.45. The Hall–Kier alpha value is -1.16. The van der Waals surface area contributed by atoms with Crippen molar-refractivity contribution in [1.82, 2.24) is 9.62 Å². The predicted molar refractivity (Wildman–Crippen MR) is 81.1 cm³/mol. The second kappa shape index (κ2) is 8.09. The zero-order valence-electron chi connectivity index (χ0n) is 12.9. The van der Waals surface area contributed by atoms with Crippen LogP contribution in [-0.4, -0.2) is 49.1 Å². The van der Waals surface area contributed by atoms with Gasteiger partial charge in [-0.3, -0.25) is 0 Å². The first kappa shape index (κ1) is 19.9. The molecular weight excluding hydrogens is 333 g/mol. The molecule has 2 N–H and O–H groups in total. The van der Waals surface area contributed by atoms with E-state index in [2.05, 4.69) is 5.32 Å². The number of nitrogens with one attached hydrogen (secondary N) is 1. The molecule has 1 aromatic carbocycles. The molecule has 0 radical (unpaired) electrons. The van der Waals surface area contributed by atoms with Crippen molar-refractivity contribution < 1.29 is 26.7 Å². The average molecular weight is 354 g/mol. The maximum absolute atomic E-state index is 12.5. The summed E-state index contributed by atoms with van der Waals surface area (Å²) in [6.45, 7) is 2.11. The second-order valence-electron chi connectivity index (χ2n) is 5.10. The molecule has 0 aromatic heterocycles. The van der Waals surface area contributed by atoms with Crippen LogP contribution in [0.4, 0.5) is 13.2 Å². The van der Waals surface area contributed by atoms with Crippen LogP contribution in [0.2, 0.25) is 0 Å². The molecule has 0 saturated heterocycles. The number of halogens is 3. The first-order valence-corrected chi connectivity index (χ1v) is 8.56. The van der Waals surface area contributed by atoms with E-state index in [1.54, 1.807) is 0 Å². The quantitative estimate of drug-likeness (QED) is 0.748. The fraction of sp³-hybridized carbons (Fsp3) is 0.571. The van der Waals surface area contributed by atoms with Crippen molar-refractivity contribution in [1.29, 1.82) is 0 Å². The molecule has 0 bridgehead atoms. The minimum Gasteiger partial charge on any atom is -0.390 e. The Kier molecular flexibility index (Phi) is 7.00. The SMILES string of the molecule is CCN(C[C@H](O)CN[C@H](C)c1ccccc1)S(=O)(=O)C(F)(F)F. The zero-order chi connectivity index (χ0) is 17.7. The third-order valence-corrected chi connectivity index (χ3v) is 5.03. The number of aliphatic hydroxyl groups excluding tert-OH is 1. The molecule has 0 aliphatic heterocycles. The fourth-order valence-electron chi connectivity index (χ4n) is 2.02. The minimum atomic E-state index is -5.43. The predicted octanol–water partition coefficient (Wildman–Crippen LogP) is 1.87. The van der Waals surface area contributed by atoms with Gasteiger partial charge in [-0.2, -0.15) is 17.5 Å². The van der Waals surface area contributed by atoms with Crippen molar-refractivity contribution in [3.63, 3.8) is 0 Å². The molecule has 1 rings (SSSR count). The molecule has 9 heteroatoms. The lowest BCUT2D eigenvalue weighted by Crippen LogP contribution is -2.46. The lowest BCUT2D eigenvalue weighted by atomic mass is 10.1. The molecule has 0 unspecified atom stereocenters. The van der Waals surface area contributed by atoms with Crippen molar-refractivity contribution in [3.8, 4) is 0 Å². The molecule has 0 amide bonds. The van der Waals surface area contributed by atoms with Gasteiger partial charge >= 0.3 is 15.5 Å². The van der Waals surface area contributed by atoms with E-state index >= 15 is 0 Å². The van der Waals surface area contributed by atoms with E-state index in [4.69, 9.17) is 0 Å². The number of rotatable bonds is 8. The van der Waals surface area contributed by atoms with Crippen LogP contribution < -0.4 is 5.32 Å². The summed E-state index contributed by atoms with van der Waals surface area (Å²) in [5, 5.41) is 12.8. The lowest BCUT2D eigenvalue weighted by Gasteiger charge is -2.25. The number of aliphatic hydroxyl groups is 1. The van der Waals surface area contributed by atoms with Crippen LogP contribution in [0.15, 0.2) is 30.3 Å². The number of hydrogen-bond acceptors (Lipinski definition) is 4. The van der Waals surface area contributed by atoms with Crippen LogP contribution in [0.25, 0.3) is 0 Å². The van der Waals surface area contributed by atoms with Crippen molar-refractivity contribution in [2.75, 3.05) is 19.6 Å². The summed E-state index contributed by atoms with van der Waals surface area (Å²) in [4.78, 5) is 0. The highest BCUT2D eigenvalue weighted by atomic mass is 32.2. The maximum atomic E-state index is 12.5. The standard InChI is InChI=1S/C14H21F3N2O3S/c1-3-19(23(21,22)14(15,16)17)10-13(20)9-18-11(2)12-7-5-4-6-8-12/h4-8,11,13,18,20H,3,9-10H2,1-2H3/t11-,13-/m1/s1. The topological polar surface area (TPSA) is 69.6 Å². The van der Waals surface area contributed by atoms with Gasteiger partial charge in [-0.25, -0.2) is 8.42 Å². The van der Waals surface area contributed by atoms with Crippen LogP contribution in [0, 0.1) is 0 Å². The molecule has 0 saturated carbocycles. The van der Waals surface area contributed by atoms with Gasteiger partial charge in [-0.15, -0.1) is 0 Å². The van der Waals surface area contributed by atoms with E-state index in [9.17, 15) is 26.7 Å². The number of likely N-dealkylation sites (N-methyl/N-ethyl adjacent to an activating group) is 1. The molecule has 1 aromatic rings. The first-order valence-electron chi connectivity index (χ1n) is 7.12. The van der Waals surface area contributed by atoms with Gasteiger partial charge in [-0.05, 0) is 12.5 Å². The van der Waals surface area contributed by atoms with Gasteiger partial charge in [0.2, 0.25) is 0 Å². The number of benzene rings is 1. The summed E-state index contributed by atoms with van der Waals surface area (Å²) in [7, 11) is -5.43. The summed E-state index contributed by atoms with van der Waals surface area (Å²) >= 11 is 0. The average Bonchev–Trinajstić information content (AvgIpc) is 2.49. The molecular formula is C14H21F3N2O3S. The number of nitrogens with zero attached hydrogens (tertiary/aromatic N) is 1. The second-order valence-corrected chi connectivity index (χ2v) is 7.03. The number of alkyl halides is 3. The Morgan fingerprint density at radius 2 is 1.83 bits per heavy atom. The van der Waals surface area contributed by atoms with E-state index in [1.165, 1.54) is 6.92 Å². The van der Waals surface area contributed by atoms with Crippen LogP contribution in [0.3, 0.4) is 0 Å². The third-order valence-electron chi connectivity index (χ3n) is 3.36. The Bertz CT molecular complexity index is 579. The highest BCUT2D eigenvalue weighted by Gasteiger charge is 2.49. The van der Waals surface area contributed by atoms with Crippen LogP contribution >= 0.6 is 0 Å². The van der Waals surface area contributed by atoms with Crippen LogP contribution in [-0.2, 0) is 10.0 Å². The smallest absolute Gasteiger partial charge is 0.390 e. The molecule has 2 atom stereocenters. The number of hydrogen-bond donors (Lipinski definition) is 2. The largest absolute Gasteiger partial charge is 0.511 e. The van der Waals surface area contributed by atoms with Gasteiger partial charge in [0.05, 0.1) is 6.10 Å². The molecule has 0 fully saturated rings. The highest BCUT2D eigenvalue weighted by molar-refractivity contribution is 7.90. The van der Waals surface area contributed by atoms with Gasteiger partial charge in [-0.1, -0.05) is 37.3 Å². The fourth-order valence-corrected chi connectivity index (χ4v) is 3.02. The molecule has 132 valence electrons. The first-order chi connectivity index (χ1) is 10.6. The zero-order valence-corrected chi connectivity index (χ0v) is 13.7. The molecule has 0 aliphatic rings. The van der Waals surface area contributed by atoms with Crippen molar-refractivity contribution in [3.05, 3.63) is 35.9 Å². The van der Waals surface area contributed by atoms with Gasteiger partial charge in [0.1, 0.15) is 0 Å². The van der Waals surface area contributed by atoms with Crippen molar-refractivity contribution in [2.45, 2.75) is 31.5 Å². The minimum absolute atomic E-state index is 0.0278. The Balaban J connectivity index is 2.60. The van der Waals surface area contributed by atoms with Gasteiger partial charge in [0.15, 0.2) is 0 Å². The monoisotopic (exact) mass is 354 g/mol. The van der Waals surface area contributed by atoms with E-state index in [0.717, 1.165) is 5.56 Å². The van der Waals surface area contributed by atoms with E-state index in [0.29, 0.717) is 0 Å². The summed E-state index contributed by atoms with van der Waals surface area (Å²) in [5.74, 6) is 0. The van der Waals surface area contributed by atoms with Crippen molar-refractivity contribution >= 4 is 10.0 Å². The lowest BCUT2D eigenvalue weighted by molar-refractivity contribution is -0.0496. The highest BCUT2D eigenvalue weighted by Crippen LogP contribution is 2.26. The van der Waals surface area contributed by atoms with Crippen molar-refractivity contribution in [2.24, 2.45) is 0 Å². The molecule has 0 spiro atoms. The Morgan fingerprint density at radius 1 is 1.26 bits per heavy atom. The summed E-state index contributed by atoms with van der Waals surface area (Å²) in [6.07, 6.45) is -1.25. The van der Waals surface area contributed by atoms with Crippen LogP contribution in [0.5, 0.6) is 0 Å². The number of sulfonamides is 1. The Morgan fingerprint density at radius 3 is 2.30 bits per heavy atom. The maximum Gasteiger partial charge on any atom is 0.511 e. The van der Waals surface area contributed by atoms with Gasteiger partial charge in [0, 0.05) is 25.7 Å². The molecule has 23 heavy (non-hydrogen) atoms. The normalized spacial score (nSPS) is 15.6. The van der Waals surface area contributed by atoms with E-state index < -0.39 is 28.2 Å². The summed E-state index contributed by atoms with van der Waals surface area (Å²) in [6, 6.07) is 9.16. The summed E-state index contributed by atoms with van der Waals surface area (Å²) < 4.78 is 60.5. The van der Waals surface area contributed by atoms with E-state index in [1.807, 2.05) is 37.3 Å². The molecule has 0 heterocycles. The molecule has 5 nitrogen and oxygen atoms in total. The molecule has 0 aliphatic carbocycles. The van der Waals surface area contributed by atoms with Crippen LogP contribution in [0.1, 0.15) is 25.5 Å². The Labute approximate surface area is 134 Å².